The van der Waals surface area contributed by atoms with Crippen LogP contribution in [0.3, 0.4) is 0 Å². The van der Waals surface area contributed by atoms with Crippen LogP contribution in [0.25, 0.3) is 0 Å². The van der Waals surface area contributed by atoms with Gasteiger partial charge in [-0.05, 0) is 30.7 Å². The molecule has 0 saturated carbocycles. The third-order valence-corrected chi connectivity index (χ3v) is 6.64. The van der Waals surface area contributed by atoms with Crippen LogP contribution in [0.15, 0.2) is 52.4 Å². The number of aryl methyl sites for hydroxylation is 1. The number of fused-ring (bicyclic) bond motifs is 1. The van der Waals surface area contributed by atoms with Gasteiger partial charge in [-0.2, -0.15) is 0 Å². The molecule has 33 heavy (non-hydrogen) atoms. The number of hydrogen-bond donors (Lipinski definition) is 2. The average Bonchev–Trinajstić information content (AvgIpc) is 2.80. The average molecular weight is 485 g/mol. The van der Waals surface area contributed by atoms with Crippen molar-refractivity contribution in [3.05, 3.63) is 80.2 Å². The second-order valence-electron chi connectivity index (χ2n) is 7.89. The Kier molecular flexibility index (Phi) is 7.37. The number of aromatic amines is 1. The number of nitrogens with zero attached hydrogens (tertiary/aromatic N) is 2. The fourth-order valence-corrected chi connectivity index (χ4v) is 4.74. The number of hydrogen-bond acceptors (Lipinski definition) is 6. The van der Waals surface area contributed by atoms with E-state index in [0.29, 0.717) is 40.9 Å². The topological polar surface area (TPSA) is 87.3 Å². The molecule has 0 unspecified atom stereocenters. The lowest BCUT2D eigenvalue weighted by Crippen LogP contribution is -2.35. The van der Waals surface area contributed by atoms with E-state index < -0.39 is 0 Å². The molecule has 0 radical (unpaired) electrons. The summed E-state index contributed by atoms with van der Waals surface area (Å²) in [6, 6.07) is 13.3. The fourth-order valence-electron chi connectivity index (χ4n) is 3.78. The van der Waals surface area contributed by atoms with Crippen molar-refractivity contribution in [2.45, 2.75) is 31.6 Å². The molecule has 1 aliphatic heterocycles. The van der Waals surface area contributed by atoms with Gasteiger partial charge in [0.1, 0.15) is 5.75 Å². The van der Waals surface area contributed by atoms with Gasteiger partial charge in [0.15, 0.2) is 5.16 Å². The van der Waals surface area contributed by atoms with E-state index >= 15 is 0 Å². The molecular formula is C24H25ClN4O3S. The van der Waals surface area contributed by atoms with Crippen LogP contribution in [0, 0.1) is 6.92 Å². The first-order valence-electron chi connectivity index (χ1n) is 10.6. The first-order valence-corrected chi connectivity index (χ1v) is 11.9. The van der Waals surface area contributed by atoms with Crippen LogP contribution in [-0.2, 0) is 24.3 Å². The maximum Gasteiger partial charge on any atom is 0.256 e. The van der Waals surface area contributed by atoms with Crippen molar-refractivity contribution in [3.63, 3.8) is 0 Å². The second kappa shape index (κ2) is 10.4. The van der Waals surface area contributed by atoms with E-state index in [4.69, 9.17) is 16.3 Å². The van der Waals surface area contributed by atoms with Crippen LogP contribution >= 0.6 is 23.4 Å². The van der Waals surface area contributed by atoms with Crippen molar-refractivity contribution >= 4 is 35.0 Å². The minimum Gasteiger partial charge on any atom is -0.496 e. The summed E-state index contributed by atoms with van der Waals surface area (Å²) < 4.78 is 5.44. The lowest BCUT2D eigenvalue weighted by molar-refractivity contribution is -0.113. The van der Waals surface area contributed by atoms with Crippen molar-refractivity contribution in [2.24, 2.45) is 0 Å². The Morgan fingerprint density at radius 3 is 2.91 bits per heavy atom. The molecule has 2 aromatic carbocycles. The number of H-pyrrole nitrogens is 1. The summed E-state index contributed by atoms with van der Waals surface area (Å²) in [5, 5.41) is 3.73. The number of nitrogens with one attached hydrogen (secondary N) is 2. The highest BCUT2D eigenvalue weighted by Crippen LogP contribution is 2.25. The highest BCUT2D eigenvalue weighted by molar-refractivity contribution is 7.99. The van der Waals surface area contributed by atoms with E-state index in [-0.39, 0.29) is 17.2 Å². The summed E-state index contributed by atoms with van der Waals surface area (Å²) >= 11 is 7.38. The van der Waals surface area contributed by atoms with Gasteiger partial charge in [-0.25, -0.2) is 4.98 Å². The minimum atomic E-state index is -0.214. The molecule has 0 spiro atoms. The second-order valence-corrected chi connectivity index (χ2v) is 9.26. The van der Waals surface area contributed by atoms with E-state index in [9.17, 15) is 9.59 Å². The Hall–Kier alpha value is -2.81. The van der Waals surface area contributed by atoms with Gasteiger partial charge in [0.05, 0.1) is 34.8 Å². The molecule has 0 bridgehead atoms. The molecule has 0 saturated heterocycles. The lowest BCUT2D eigenvalue weighted by Gasteiger charge is -2.28. The first kappa shape index (κ1) is 23.4. The number of halogens is 1. The minimum absolute atomic E-state index is 0.117. The fraction of sp³-hybridized carbons (Fsp3) is 0.292. The maximum absolute atomic E-state index is 12.7. The van der Waals surface area contributed by atoms with Gasteiger partial charge in [0, 0.05) is 31.6 Å². The SMILES string of the molecule is COc1ccccc1CN1CCc2nc(SCC(=O)Nc3ccc(C)cc3Cl)[nH]c(=O)c2C1. The summed E-state index contributed by atoms with van der Waals surface area (Å²) in [6.07, 6.45) is 0.674. The number of anilines is 1. The maximum atomic E-state index is 12.7. The molecule has 9 heteroatoms. The molecule has 0 fully saturated rings. The Morgan fingerprint density at radius 2 is 2.12 bits per heavy atom. The van der Waals surface area contributed by atoms with Gasteiger partial charge in [0.2, 0.25) is 5.91 Å². The Balaban J connectivity index is 1.38. The van der Waals surface area contributed by atoms with Crippen LogP contribution < -0.4 is 15.6 Å². The number of para-hydroxylation sites is 1. The van der Waals surface area contributed by atoms with E-state index in [2.05, 4.69) is 20.2 Å². The van der Waals surface area contributed by atoms with Gasteiger partial charge in [0.25, 0.3) is 5.56 Å². The zero-order valence-electron chi connectivity index (χ0n) is 18.5. The number of carbonyl (C=O) groups excluding carboxylic acids is 1. The number of aromatic nitrogens is 2. The quantitative estimate of drug-likeness (QED) is 0.389. The van der Waals surface area contributed by atoms with Gasteiger partial charge in [-0.15, -0.1) is 0 Å². The number of rotatable bonds is 7. The van der Waals surface area contributed by atoms with Gasteiger partial charge in [-0.1, -0.05) is 47.6 Å². The molecule has 1 amide bonds. The Labute approximate surface area is 201 Å². The summed E-state index contributed by atoms with van der Waals surface area (Å²) in [6.45, 7) is 3.94. The van der Waals surface area contributed by atoms with E-state index in [1.807, 2.05) is 37.3 Å². The molecule has 1 aromatic heterocycles. The van der Waals surface area contributed by atoms with E-state index in [1.54, 1.807) is 19.2 Å². The smallest absolute Gasteiger partial charge is 0.256 e. The molecular weight excluding hydrogens is 460 g/mol. The highest BCUT2D eigenvalue weighted by atomic mass is 35.5. The van der Waals surface area contributed by atoms with Crippen molar-refractivity contribution in [1.29, 1.82) is 0 Å². The van der Waals surface area contributed by atoms with Gasteiger partial charge < -0.3 is 15.0 Å². The van der Waals surface area contributed by atoms with Crippen LogP contribution in [-0.4, -0.2) is 40.2 Å². The molecule has 0 atom stereocenters. The standard InChI is InChI=1S/C24H25ClN4O3S/c1-15-7-8-20(18(25)11-15)26-22(30)14-33-24-27-19-9-10-29(13-17(19)23(31)28-24)12-16-5-3-4-6-21(16)32-2/h3-8,11H,9-10,12-14H2,1-2H3,(H,26,30)(H,27,28,31). The summed E-state index contributed by atoms with van der Waals surface area (Å²) in [5.74, 6) is 0.743. The number of carbonyl (C=O) groups is 1. The summed E-state index contributed by atoms with van der Waals surface area (Å²) in [5.41, 5.74) is 3.98. The number of benzene rings is 2. The predicted octanol–water partition coefficient (Wildman–Crippen LogP) is 4.03. The lowest BCUT2D eigenvalue weighted by atomic mass is 10.1. The highest BCUT2D eigenvalue weighted by Gasteiger charge is 2.22. The molecule has 7 nitrogen and oxygen atoms in total. The third kappa shape index (κ3) is 5.76. The molecule has 2 heterocycles. The van der Waals surface area contributed by atoms with Crippen LogP contribution in [0.2, 0.25) is 5.02 Å². The van der Waals surface area contributed by atoms with E-state index in [1.165, 1.54) is 11.8 Å². The zero-order chi connectivity index (χ0) is 23.4. The van der Waals surface area contributed by atoms with Crippen molar-refractivity contribution in [1.82, 2.24) is 14.9 Å². The third-order valence-electron chi connectivity index (χ3n) is 5.45. The normalized spacial score (nSPS) is 13.4. The van der Waals surface area contributed by atoms with Crippen molar-refractivity contribution in [2.75, 3.05) is 24.7 Å². The van der Waals surface area contributed by atoms with Crippen molar-refractivity contribution < 1.29 is 9.53 Å². The van der Waals surface area contributed by atoms with Crippen LogP contribution in [0.1, 0.15) is 22.4 Å². The zero-order valence-corrected chi connectivity index (χ0v) is 20.1. The van der Waals surface area contributed by atoms with Gasteiger partial charge in [-0.3, -0.25) is 14.5 Å². The van der Waals surface area contributed by atoms with Crippen LogP contribution in [0.4, 0.5) is 5.69 Å². The number of thioether (sulfide) groups is 1. The Morgan fingerprint density at radius 1 is 1.30 bits per heavy atom. The first-order chi connectivity index (χ1) is 15.9. The molecule has 4 rings (SSSR count). The molecule has 3 aromatic rings. The molecule has 172 valence electrons. The Bertz CT molecular complexity index is 1230. The summed E-state index contributed by atoms with van der Waals surface area (Å²) in [7, 11) is 1.66. The molecule has 0 aliphatic carbocycles. The van der Waals surface area contributed by atoms with Crippen molar-refractivity contribution in [3.8, 4) is 5.75 Å². The molecule has 2 N–H and O–H groups in total. The molecule has 1 aliphatic rings. The number of ether oxygens (including phenoxy) is 1. The van der Waals surface area contributed by atoms with E-state index in [0.717, 1.165) is 29.1 Å². The number of methoxy groups -OCH3 is 1. The monoisotopic (exact) mass is 484 g/mol. The number of amides is 1. The van der Waals surface area contributed by atoms with Crippen LogP contribution in [0.5, 0.6) is 5.75 Å². The largest absolute Gasteiger partial charge is 0.496 e. The summed E-state index contributed by atoms with van der Waals surface area (Å²) in [4.78, 5) is 34.7. The predicted molar refractivity (Wildman–Crippen MR) is 131 cm³/mol. The van der Waals surface area contributed by atoms with Gasteiger partial charge >= 0.3 is 0 Å².